The number of amides is 2. The van der Waals surface area contributed by atoms with Crippen LogP contribution in [0.4, 0.5) is 5.69 Å². The van der Waals surface area contributed by atoms with E-state index in [0.717, 1.165) is 26.7 Å². The van der Waals surface area contributed by atoms with Gasteiger partial charge < -0.3 is 15.4 Å². The molecule has 150 valence electrons. The first-order valence-electron chi connectivity index (χ1n) is 9.23. The van der Waals surface area contributed by atoms with Gasteiger partial charge in [-0.05, 0) is 31.5 Å². The number of nitrogens with zero attached hydrogens (tertiary/aromatic N) is 1. The standard InChI is InChI=1S/C22H23N3O3S/c1-14-9-10-18(28-3)17(13-14)25-21(27)20(26)23-12-11-19-15(2)24-22(29-19)16-7-5-4-6-8-16/h4-10,13H,11-12H2,1-3H3,(H,23,26)(H,25,27). The molecule has 0 saturated heterocycles. The number of hydrogen-bond donors (Lipinski definition) is 2. The number of nitrogens with one attached hydrogen (secondary N) is 2. The van der Waals surface area contributed by atoms with Crippen LogP contribution < -0.4 is 15.4 Å². The highest BCUT2D eigenvalue weighted by Gasteiger charge is 2.16. The van der Waals surface area contributed by atoms with Crippen LogP contribution in [0.15, 0.2) is 48.5 Å². The summed E-state index contributed by atoms with van der Waals surface area (Å²) in [7, 11) is 1.52. The summed E-state index contributed by atoms with van der Waals surface area (Å²) in [6, 6.07) is 15.4. The van der Waals surface area contributed by atoms with Gasteiger partial charge in [0.2, 0.25) is 0 Å². The lowest BCUT2D eigenvalue weighted by molar-refractivity contribution is -0.136. The highest BCUT2D eigenvalue weighted by atomic mass is 32.1. The summed E-state index contributed by atoms with van der Waals surface area (Å²) >= 11 is 1.60. The molecular weight excluding hydrogens is 386 g/mol. The van der Waals surface area contributed by atoms with Gasteiger partial charge in [-0.15, -0.1) is 11.3 Å². The maximum atomic E-state index is 12.2. The number of carbonyl (C=O) groups excluding carboxylic acids is 2. The molecule has 0 aliphatic carbocycles. The maximum Gasteiger partial charge on any atom is 0.313 e. The Balaban J connectivity index is 1.56. The molecule has 0 bridgehead atoms. The SMILES string of the molecule is COc1ccc(C)cc1NC(=O)C(=O)NCCc1sc(-c2ccccc2)nc1C. The zero-order chi connectivity index (χ0) is 20.8. The molecule has 0 spiro atoms. The van der Waals surface area contributed by atoms with Gasteiger partial charge in [-0.1, -0.05) is 36.4 Å². The Bertz CT molecular complexity index is 1020. The number of rotatable bonds is 6. The van der Waals surface area contributed by atoms with E-state index in [1.165, 1.54) is 7.11 Å². The second kappa shape index (κ2) is 9.34. The highest BCUT2D eigenvalue weighted by Crippen LogP contribution is 2.28. The fraction of sp³-hybridized carbons (Fsp3) is 0.227. The lowest BCUT2D eigenvalue weighted by Gasteiger charge is -2.11. The Labute approximate surface area is 173 Å². The van der Waals surface area contributed by atoms with E-state index in [-0.39, 0.29) is 0 Å². The number of ether oxygens (including phenoxy) is 1. The van der Waals surface area contributed by atoms with Crippen molar-refractivity contribution < 1.29 is 14.3 Å². The van der Waals surface area contributed by atoms with Gasteiger partial charge in [-0.2, -0.15) is 0 Å². The van der Waals surface area contributed by atoms with Crippen molar-refractivity contribution in [2.75, 3.05) is 19.0 Å². The van der Waals surface area contributed by atoms with Crippen molar-refractivity contribution in [1.29, 1.82) is 0 Å². The number of anilines is 1. The minimum absolute atomic E-state index is 0.356. The number of aromatic nitrogens is 1. The van der Waals surface area contributed by atoms with Gasteiger partial charge in [0.1, 0.15) is 10.8 Å². The minimum atomic E-state index is -0.722. The zero-order valence-electron chi connectivity index (χ0n) is 16.6. The molecule has 0 aliphatic heterocycles. The van der Waals surface area contributed by atoms with E-state index in [4.69, 9.17) is 4.74 Å². The largest absolute Gasteiger partial charge is 0.495 e. The van der Waals surface area contributed by atoms with Crippen LogP contribution in [0.25, 0.3) is 10.6 Å². The normalized spacial score (nSPS) is 10.4. The van der Waals surface area contributed by atoms with Crippen molar-refractivity contribution in [1.82, 2.24) is 10.3 Å². The van der Waals surface area contributed by atoms with Crippen LogP contribution in [-0.4, -0.2) is 30.5 Å². The third-order valence-electron chi connectivity index (χ3n) is 4.36. The Morgan fingerprint density at radius 3 is 2.55 bits per heavy atom. The van der Waals surface area contributed by atoms with Gasteiger partial charge in [0.15, 0.2) is 0 Å². The zero-order valence-corrected chi connectivity index (χ0v) is 17.4. The summed E-state index contributed by atoms with van der Waals surface area (Å²) in [5.74, 6) is -0.899. The van der Waals surface area contributed by atoms with E-state index < -0.39 is 11.8 Å². The van der Waals surface area contributed by atoms with Gasteiger partial charge in [0, 0.05) is 23.4 Å². The van der Waals surface area contributed by atoms with E-state index in [1.54, 1.807) is 23.5 Å². The predicted molar refractivity (Wildman–Crippen MR) is 115 cm³/mol. The highest BCUT2D eigenvalue weighted by molar-refractivity contribution is 7.15. The third kappa shape index (κ3) is 5.20. The van der Waals surface area contributed by atoms with Gasteiger partial charge in [0.25, 0.3) is 0 Å². The first-order valence-corrected chi connectivity index (χ1v) is 10.0. The molecule has 0 unspecified atom stereocenters. The second-order valence-corrected chi connectivity index (χ2v) is 7.64. The van der Waals surface area contributed by atoms with Crippen LogP contribution >= 0.6 is 11.3 Å². The fourth-order valence-corrected chi connectivity index (χ4v) is 3.90. The number of hydrogen-bond acceptors (Lipinski definition) is 5. The van der Waals surface area contributed by atoms with Gasteiger partial charge in [-0.25, -0.2) is 4.98 Å². The van der Waals surface area contributed by atoms with Crippen LogP contribution in [0.5, 0.6) is 5.75 Å². The predicted octanol–water partition coefficient (Wildman–Crippen LogP) is 3.73. The molecule has 6 nitrogen and oxygen atoms in total. The summed E-state index contributed by atoms with van der Waals surface area (Å²) in [6.45, 7) is 4.21. The average molecular weight is 410 g/mol. The van der Waals surface area contributed by atoms with Gasteiger partial charge >= 0.3 is 11.8 Å². The summed E-state index contributed by atoms with van der Waals surface area (Å²) in [5.41, 5.74) is 3.44. The Kier molecular flexibility index (Phi) is 6.61. The summed E-state index contributed by atoms with van der Waals surface area (Å²) in [5, 5.41) is 6.22. The number of methoxy groups -OCH3 is 1. The molecule has 0 atom stereocenters. The monoisotopic (exact) mass is 409 g/mol. The molecule has 2 aromatic carbocycles. The smallest absolute Gasteiger partial charge is 0.313 e. The molecular formula is C22H23N3O3S. The van der Waals surface area contributed by atoms with E-state index in [9.17, 15) is 9.59 Å². The fourth-order valence-electron chi connectivity index (χ4n) is 2.83. The topological polar surface area (TPSA) is 80.3 Å². The average Bonchev–Trinajstić information content (AvgIpc) is 3.09. The molecule has 7 heteroatoms. The van der Waals surface area contributed by atoms with Gasteiger partial charge in [0.05, 0.1) is 18.5 Å². The Morgan fingerprint density at radius 2 is 1.83 bits per heavy atom. The molecule has 3 rings (SSSR count). The van der Waals surface area contributed by atoms with E-state index in [0.29, 0.717) is 24.4 Å². The summed E-state index contributed by atoms with van der Waals surface area (Å²) < 4.78 is 5.22. The molecule has 0 aliphatic rings. The van der Waals surface area contributed by atoms with Crippen molar-refractivity contribution in [3.8, 4) is 16.3 Å². The lowest BCUT2D eigenvalue weighted by atomic mass is 10.2. The van der Waals surface area contributed by atoms with Crippen LogP contribution in [-0.2, 0) is 16.0 Å². The number of aryl methyl sites for hydroxylation is 2. The first kappa shape index (κ1) is 20.5. The molecule has 0 radical (unpaired) electrons. The maximum absolute atomic E-state index is 12.2. The third-order valence-corrected chi connectivity index (χ3v) is 5.63. The van der Waals surface area contributed by atoms with Crippen LogP contribution in [0.2, 0.25) is 0 Å². The lowest BCUT2D eigenvalue weighted by Crippen LogP contribution is -2.36. The number of carbonyl (C=O) groups is 2. The van der Waals surface area contributed by atoms with Crippen molar-refractivity contribution in [3.05, 3.63) is 64.7 Å². The van der Waals surface area contributed by atoms with Crippen molar-refractivity contribution >= 4 is 28.8 Å². The van der Waals surface area contributed by atoms with Crippen molar-refractivity contribution in [2.24, 2.45) is 0 Å². The molecule has 1 heterocycles. The number of benzene rings is 2. The van der Waals surface area contributed by atoms with E-state index >= 15 is 0 Å². The molecule has 0 fully saturated rings. The molecule has 3 aromatic rings. The van der Waals surface area contributed by atoms with Crippen molar-refractivity contribution in [3.63, 3.8) is 0 Å². The molecule has 2 N–H and O–H groups in total. The first-order chi connectivity index (χ1) is 14.0. The molecule has 2 amide bonds. The van der Waals surface area contributed by atoms with Crippen LogP contribution in [0.3, 0.4) is 0 Å². The van der Waals surface area contributed by atoms with Crippen molar-refractivity contribution in [2.45, 2.75) is 20.3 Å². The van der Waals surface area contributed by atoms with Crippen LogP contribution in [0.1, 0.15) is 16.1 Å². The molecule has 29 heavy (non-hydrogen) atoms. The Morgan fingerprint density at radius 1 is 1.07 bits per heavy atom. The quantitative estimate of drug-likeness (QED) is 0.608. The Hall–Kier alpha value is -3.19. The second-order valence-electron chi connectivity index (χ2n) is 6.56. The molecule has 0 saturated carbocycles. The summed E-state index contributed by atoms with van der Waals surface area (Å²) in [6.07, 6.45) is 0.614. The van der Waals surface area contributed by atoms with Crippen LogP contribution in [0, 0.1) is 13.8 Å². The minimum Gasteiger partial charge on any atom is -0.495 e. The van der Waals surface area contributed by atoms with E-state index in [1.807, 2.05) is 50.2 Å². The molecule has 1 aromatic heterocycles. The van der Waals surface area contributed by atoms with E-state index in [2.05, 4.69) is 15.6 Å². The number of thiazole rings is 1. The summed E-state index contributed by atoms with van der Waals surface area (Å²) in [4.78, 5) is 30.1. The van der Waals surface area contributed by atoms with Gasteiger partial charge in [-0.3, -0.25) is 9.59 Å².